The van der Waals surface area contributed by atoms with Crippen LogP contribution in [-0.2, 0) is 0 Å². The molecular weight excluding hydrogens is 296 g/mol. The highest BCUT2D eigenvalue weighted by Crippen LogP contribution is 2.37. The van der Waals surface area contributed by atoms with Gasteiger partial charge in [-0.05, 0) is 24.0 Å². The second-order valence-corrected chi connectivity index (χ2v) is 6.44. The van der Waals surface area contributed by atoms with Crippen molar-refractivity contribution in [3.05, 3.63) is 71.1 Å². The molecule has 3 heteroatoms. The van der Waals surface area contributed by atoms with E-state index >= 15 is 0 Å². The van der Waals surface area contributed by atoms with Crippen LogP contribution in [0.15, 0.2) is 65.6 Å². The first kappa shape index (κ1) is 14.1. The number of carbonyl (C=O) groups is 1. The van der Waals surface area contributed by atoms with Crippen molar-refractivity contribution < 1.29 is 4.79 Å². The Morgan fingerprint density at radius 1 is 1.05 bits per heavy atom. The van der Waals surface area contributed by atoms with Crippen LogP contribution >= 0.6 is 23.1 Å². The fraction of sp³-hybridized carbons (Fsp3) is 0.0556. The van der Waals surface area contributed by atoms with E-state index in [4.69, 9.17) is 0 Å². The van der Waals surface area contributed by atoms with E-state index < -0.39 is 0 Å². The zero-order valence-corrected chi connectivity index (χ0v) is 13.2. The van der Waals surface area contributed by atoms with Crippen molar-refractivity contribution in [1.82, 2.24) is 0 Å². The van der Waals surface area contributed by atoms with Crippen LogP contribution in [0.4, 0.5) is 0 Å². The maximum Gasteiger partial charge on any atom is 0.196 e. The third-order valence-electron chi connectivity index (χ3n) is 3.20. The van der Waals surface area contributed by atoms with E-state index in [0.717, 1.165) is 15.3 Å². The van der Waals surface area contributed by atoms with Crippen molar-refractivity contribution in [2.45, 2.75) is 4.90 Å². The molecule has 0 aliphatic heterocycles. The lowest BCUT2D eigenvalue weighted by Crippen LogP contribution is -1.91. The number of thioether (sulfide) groups is 1. The van der Waals surface area contributed by atoms with Gasteiger partial charge in [0.25, 0.3) is 0 Å². The van der Waals surface area contributed by atoms with Crippen LogP contribution in [0.2, 0.25) is 0 Å². The molecule has 0 saturated heterocycles. The zero-order chi connectivity index (χ0) is 14.7. The molecule has 0 spiro atoms. The Labute approximate surface area is 132 Å². The summed E-state index contributed by atoms with van der Waals surface area (Å²) in [6.45, 7) is 0. The molecule has 0 aliphatic rings. The number of ketones is 1. The predicted molar refractivity (Wildman–Crippen MR) is 93.4 cm³/mol. The van der Waals surface area contributed by atoms with Gasteiger partial charge in [-0.25, -0.2) is 0 Å². The average molecular weight is 310 g/mol. The maximum atomic E-state index is 12.5. The van der Waals surface area contributed by atoms with Crippen LogP contribution in [0, 0.1) is 0 Å². The van der Waals surface area contributed by atoms with Gasteiger partial charge in [0.2, 0.25) is 0 Å². The van der Waals surface area contributed by atoms with Gasteiger partial charge in [0.05, 0.1) is 4.88 Å². The highest BCUT2D eigenvalue weighted by molar-refractivity contribution is 7.99. The van der Waals surface area contributed by atoms with Gasteiger partial charge in [-0.2, -0.15) is 0 Å². The average Bonchev–Trinajstić information content (AvgIpc) is 2.92. The summed E-state index contributed by atoms with van der Waals surface area (Å²) in [6.07, 6.45) is 5.56. The Morgan fingerprint density at radius 3 is 2.52 bits per heavy atom. The first-order chi connectivity index (χ1) is 10.3. The molecule has 104 valence electrons. The van der Waals surface area contributed by atoms with Crippen LogP contribution in [0.1, 0.15) is 15.2 Å². The van der Waals surface area contributed by atoms with Gasteiger partial charge in [0, 0.05) is 15.0 Å². The number of carbonyl (C=O) groups excluding carboxylic acids is 1. The largest absolute Gasteiger partial charge is 0.288 e. The number of allylic oxidation sites excluding steroid dienone is 1. The van der Waals surface area contributed by atoms with Gasteiger partial charge < -0.3 is 0 Å². The summed E-state index contributed by atoms with van der Waals surface area (Å²) in [5, 5.41) is 1.17. The fourth-order valence-corrected chi connectivity index (χ4v) is 4.34. The molecule has 0 radical (unpaired) electrons. The number of thiophene rings is 1. The summed E-state index contributed by atoms with van der Waals surface area (Å²) in [6, 6.07) is 18.1. The fourth-order valence-electron chi connectivity index (χ4n) is 2.20. The van der Waals surface area contributed by atoms with Gasteiger partial charge in [-0.15, -0.1) is 23.1 Å². The van der Waals surface area contributed by atoms with Crippen LogP contribution < -0.4 is 0 Å². The molecule has 1 aromatic heterocycles. The summed E-state index contributed by atoms with van der Waals surface area (Å²) < 4.78 is 1.17. The molecule has 0 N–H and O–H groups in total. The molecule has 0 bridgehead atoms. The normalized spacial score (nSPS) is 11.3. The van der Waals surface area contributed by atoms with Crippen LogP contribution in [0.3, 0.4) is 0 Å². The summed E-state index contributed by atoms with van der Waals surface area (Å²) >= 11 is 3.21. The van der Waals surface area contributed by atoms with E-state index in [1.54, 1.807) is 29.2 Å². The Bertz CT molecular complexity index is 800. The van der Waals surface area contributed by atoms with Crippen molar-refractivity contribution in [3.63, 3.8) is 0 Å². The quantitative estimate of drug-likeness (QED) is 0.358. The topological polar surface area (TPSA) is 17.1 Å². The molecule has 2 aromatic carbocycles. The van der Waals surface area contributed by atoms with Gasteiger partial charge >= 0.3 is 0 Å². The van der Waals surface area contributed by atoms with Crippen LogP contribution in [0.25, 0.3) is 16.2 Å². The number of hydrogen-bond acceptors (Lipinski definition) is 3. The monoisotopic (exact) mass is 310 g/mol. The first-order valence-electron chi connectivity index (χ1n) is 6.62. The molecule has 3 rings (SSSR count). The zero-order valence-electron chi connectivity index (χ0n) is 11.6. The maximum absolute atomic E-state index is 12.5. The lowest BCUT2D eigenvalue weighted by atomic mass is 10.2. The van der Waals surface area contributed by atoms with Crippen molar-refractivity contribution in [2.24, 2.45) is 0 Å². The molecule has 0 aliphatic carbocycles. The Balaban J connectivity index is 1.96. The molecule has 21 heavy (non-hydrogen) atoms. The van der Waals surface area contributed by atoms with Gasteiger partial charge in [-0.3, -0.25) is 4.79 Å². The number of benzene rings is 2. The van der Waals surface area contributed by atoms with Crippen molar-refractivity contribution in [2.75, 3.05) is 6.26 Å². The summed E-state index contributed by atoms with van der Waals surface area (Å²) in [5.74, 6) is 0.0735. The minimum atomic E-state index is 0.0735. The molecule has 0 fully saturated rings. The second kappa shape index (κ2) is 6.29. The summed E-state index contributed by atoms with van der Waals surface area (Å²) in [4.78, 5) is 14.4. The minimum Gasteiger partial charge on any atom is -0.288 e. The van der Waals surface area contributed by atoms with E-state index in [9.17, 15) is 4.79 Å². The highest BCUT2D eigenvalue weighted by Gasteiger charge is 2.15. The molecule has 0 amide bonds. The third-order valence-corrected chi connectivity index (χ3v) is 5.35. The minimum absolute atomic E-state index is 0.0735. The third kappa shape index (κ3) is 2.94. The molecular formula is C18H14OS2. The lowest BCUT2D eigenvalue weighted by molar-refractivity contribution is 0.104. The standard InChI is InChI=1S/C18H14OS2/c1-20-17-14-9-5-6-10-16(14)21-18(17)15(19)12-11-13-7-3-2-4-8-13/h2-12H,1H3/b12-11+. The Hall–Kier alpha value is -1.84. The molecule has 1 heterocycles. The molecule has 0 atom stereocenters. The van der Waals surface area contributed by atoms with Crippen LogP contribution in [-0.4, -0.2) is 12.0 Å². The molecule has 0 unspecified atom stereocenters. The molecule has 1 nitrogen and oxygen atoms in total. The summed E-state index contributed by atoms with van der Waals surface area (Å²) in [7, 11) is 0. The predicted octanol–water partition coefficient (Wildman–Crippen LogP) is 5.52. The lowest BCUT2D eigenvalue weighted by Gasteiger charge is -1.97. The second-order valence-electron chi connectivity index (χ2n) is 4.57. The van der Waals surface area contributed by atoms with Gasteiger partial charge in [-0.1, -0.05) is 54.6 Å². The summed E-state index contributed by atoms with van der Waals surface area (Å²) in [5.41, 5.74) is 1.04. The van der Waals surface area contributed by atoms with E-state index in [1.165, 1.54) is 10.1 Å². The smallest absolute Gasteiger partial charge is 0.196 e. The SMILES string of the molecule is CSc1c(C(=O)/C=C/c2ccccc2)sc2ccccc12. The Kier molecular flexibility index (Phi) is 4.23. The number of fused-ring (bicyclic) bond motifs is 1. The van der Waals surface area contributed by atoms with Gasteiger partial charge in [0.15, 0.2) is 5.78 Å². The molecule has 3 aromatic rings. The van der Waals surface area contributed by atoms with Crippen molar-refractivity contribution >= 4 is 45.0 Å². The van der Waals surface area contributed by atoms with Crippen molar-refractivity contribution in [1.29, 1.82) is 0 Å². The van der Waals surface area contributed by atoms with Crippen LogP contribution in [0.5, 0.6) is 0 Å². The van der Waals surface area contributed by atoms with E-state index in [2.05, 4.69) is 12.1 Å². The molecule has 0 saturated carbocycles. The van der Waals surface area contributed by atoms with Gasteiger partial charge in [0.1, 0.15) is 0 Å². The highest BCUT2D eigenvalue weighted by atomic mass is 32.2. The Morgan fingerprint density at radius 2 is 1.76 bits per heavy atom. The first-order valence-corrected chi connectivity index (χ1v) is 8.66. The van der Waals surface area contributed by atoms with E-state index in [0.29, 0.717) is 0 Å². The van der Waals surface area contributed by atoms with E-state index in [1.807, 2.05) is 54.8 Å². The number of rotatable bonds is 4. The van der Waals surface area contributed by atoms with Crippen molar-refractivity contribution in [3.8, 4) is 0 Å². The van der Waals surface area contributed by atoms with E-state index in [-0.39, 0.29) is 5.78 Å². The number of hydrogen-bond donors (Lipinski definition) is 0.